The van der Waals surface area contributed by atoms with E-state index < -0.39 is 5.60 Å². The van der Waals surface area contributed by atoms with Gasteiger partial charge in [-0.15, -0.1) is 0 Å². The summed E-state index contributed by atoms with van der Waals surface area (Å²) in [5, 5.41) is 14.4. The summed E-state index contributed by atoms with van der Waals surface area (Å²) in [6.07, 6.45) is 4.44. The second-order valence-electron chi connectivity index (χ2n) is 4.46. The van der Waals surface area contributed by atoms with E-state index >= 15 is 0 Å². The van der Waals surface area contributed by atoms with Gasteiger partial charge in [-0.05, 0) is 26.2 Å². The maximum absolute atomic E-state index is 10.2. The van der Waals surface area contributed by atoms with E-state index in [9.17, 15) is 5.11 Å². The van der Waals surface area contributed by atoms with Crippen molar-refractivity contribution in [2.75, 3.05) is 0 Å². The molecule has 0 aliphatic carbocycles. The van der Waals surface area contributed by atoms with Gasteiger partial charge in [-0.3, -0.25) is 4.68 Å². The lowest BCUT2D eigenvalue weighted by atomic mass is 9.89. The maximum Gasteiger partial charge on any atom is 0.0901 e. The van der Waals surface area contributed by atoms with Gasteiger partial charge in [0.2, 0.25) is 0 Å². The maximum atomic E-state index is 10.2. The molecule has 1 aromatic rings. The van der Waals surface area contributed by atoms with Crippen LogP contribution in [0.3, 0.4) is 0 Å². The molecule has 3 heteroatoms. The van der Waals surface area contributed by atoms with Crippen LogP contribution in [0.2, 0.25) is 0 Å². The lowest BCUT2D eigenvalue weighted by Crippen LogP contribution is -2.22. The van der Waals surface area contributed by atoms with Crippen LogP contribution in [0.1, 0.15) is 39.7 Å². The van der Waals surface area contributed by atoms with Gasteiger partial charge in [0, 0.05) is 18.3 Å². The smallest absolute Gasteiger partial charge is 0.0901 e. The molecule has 80 valence electrons. The second kappa shape index (κ2) is 4.13. The normalized spacial score (nSPS) is 15.9. The minimum absolute atomic E-state index is 0.481. The van der Waals surface area contributed by atoms with Crippen molar-refractivity contribution in [1.82, 2.24) is 9.78 Å². The van der Waals surface area contributed by atoms with Gasteiger partial charge in [-0.25, -0.2) is 0 Å². The molecule has 0 aliphatic heterocycles. The Morgan fingerprint density at radius 3 is 2.64 bits per heavy atom. The van der Waals surface area contributed by atoms with Crippen LogP contribution < -0.4 is 0 Å². The molecular formula is C11H20N2O. The lowest BCUT2D eigenvalue weighted by Gasteiger charge is -2.23. The van der Waals surface area contributed by atoms with Crippen molar-refractivity contribution in [3.8, 4) is 0 Å². The highest BCUT2D eigenvalue weighted by Gasteiger charge is 2.25. The Bertz CT molecular complexity index is 289. The number of hydrogen-bond donors (Lipinski definition) is 1. The predicted molar refractivity (Wildman–Crippen MR) is 56.9 cm³/mol. The van der Waals surface area contributed by atoms with Gasteiger partial charge in [0.1, 0.15) is 0 Å². The molecule has 0 amide bonds. The minimum atomic E-state index is -0.748. The Morgan fingerprint density at radius 1 is 1.57 bits per heavy atom. The first kappa shape index (κ1) is 11.2. The Morgan fingerprint density at radius 2 is 2.21 bits per heavy atom. The van der Waals surface area contributed by atoms with E-state index in [2.05, 4.69) is 18.9 Å². The molecule has 1 rings (SSSR count). The highest BCUT2D eigenvalue weighted by Crippen LogP contribution is 2.27. The molecule has 0 saturated heterocycles. The van der Waals surface area contributed by atoms with Gasteiger partial charge in [0.25, 0.3) is 0 Å². The summed E-state index contributed by atoms with van der Waals surface area (Å²) in [5.41, 5.74) is 0.162. The van der Waals surface area contributed by atoms with Gasteiger partial charge >= 0.3 is 0 Å². The Labute approximate surface area is 85.8 Å². The van der Waals surface area contributed by atoms with E-state index in [4.69, 9.17) is 0 Å². The Kier molecular flexibility index (Phi) is 3.32. The molecule has 1 atom stereocenters. The predicted octanol–water partition coefficient (Wildman–Crippen LogP) is 2.16. The minimum Gasteiger partial charge on any atom is -0.385 e. The molecule has 1 aromatic heterocycles. The van der Waals surface area contributed by atoms with Crippen molar-refractivity contribution in [2.45, 2.75) is 46.3 Å². The van der Waals surface area contributed by atoms with E-state index in [1.54, 1.807) is 6.20 Å². The van der Waals surface area contributed by atoms with E-state index in [-0.39, 0.29) is 0 Å². The zero-order valence-electron chi connectivity index (χ0n) is 9.49. The van der Waals surface area contributed by atoms with Crippen molar-refractivity contribution in [2.24, 2.45) is 5.92 Å². The molecule has 0 bridgehead atoms. The number of rotatable bonds is 4. The fourth-order valence-corrected chi connectivity index (χ4v) is 1.73. The van der Waals surface area contributed by atoms with Crippen LogP contribution in [0.25, 0.3) is 0 Å². The Balaban J connectivity index is 2.80. The summed E-state index contributed by atoms with van der Waals surface area (Å²) in [4.78, 5) is 0. The van der Waals surface area contributed by atoms with Crippen LogP contribution >= 0.6 is 0 Å². The summed E-state index contributed by atoms with van der Waals surface area (Å²) in [6.45, 7) is 8.95. The van der Waals surface area contributed by atoms with Crippen molar-refractivity contribution >= 4 is 0 Å². The molecule has 0 spiro atoms. The SMILES string of the molecule is CCn1cc(C(C)(O)CC(C)C)cn1. The van der Waals surface area contributed by atoms with E-state index in [1.807, 2.05) is 24.7 Å². The molecule has 0 aromatic carbocycles. The van der Waals surface area contributed by atoms with E-state index in [0.29, 0.717) is 5.92 Å². The lowest BCUT2D eigenvalue weighted by molar-refractivity contribution is 0.0348. The summed E-state index contributed by atoms with van der Waals surface area (Å²) in [5.74, 6) is 0.481. The zero-order valence-corrected chi connectivity index (χ0v) is 9.49. The van der Waals surface area contributed by atoms with Gasteiger partial charge < -0.3 is 5.11 Å². The summed E-state index contributed by atoms with van der Waals surface area (Å²) >= 11 is 0. The largest absolute Gasteiger partial charge is 0.385 e. The number of aliphatic hydroxyl groups is 1. The standard InChI is InChI=1S/C11H20N2O/c1-5-13-8-10(7-12-13)11(4,14)6-9(2)3/h7-9,14H,5-6H2,1-4H3. The van der Waals surface area contributed by atoms with Crippen LogP contribution in [0.15, 0.2) is 12.4 Å². The molecule has 1 unspecified atom stereocenters. The zero-order chi connectivity index (χ0) is 10.8. The molecular weight excluding hydrogens is 176 g/mol. The third-order valence-electron chi connectivity index (χ3n) is 2.38. The second-order valence-corrected chi connectivity index (χ2v) is 4.46. The number of aryl methyl sites for hydroxylation is 1. The van der Waals surface area contributed by atoms with Crippen LogP contribution in [0, 0.1) is 5.92 Å². The monoisotopic (exact) mass is 196 g/mol. The van der Waals surface area contributed by atoms with E-state index in [0.717, 1.165) is 18.5 Å². The quantitative estimate of drug-likeness (QED) is 0.801. The number of hydrogen-bond acceptors (Lipinski definition) is 2. The average molecular weight is 196 g/mol. The average Bonchev–Trinajstić information content (AvgIpc) is 2.49. The summed E-state index contributed by atoms with van der Waals surface area (Å²) in [7, 11) is 0. The molecule has 0 fully saturated rings. The van der Waals surface area contributed by atoms with Crippen LogP contribution in [0.4, 0.5) is 0 Å². The molecule has 14 heavy (non-hydrogen) atoms. The highest BCUT2D eigenvalue weighted by atomic mass is 16.3. The van der Waals surface area contributed by atoms with Crippen molar-refractivity contribution in [3.05, 3.63) is 18.0 Å². The van der Waals surface area contributed by atoms with Gasteiger partial charge in [0.05, 0.1) is 11.8 Å². The first-order valence-corrected chi connectivity index (χ1v) is 5.21. The third-order valence-corrected chi connectivity index (χ3v) is 2.38. The van der Waals surface area contributed by atoms with Crippen molar-refractivity contribution in [1.29, 1.82) is 0 Å². The molecule has 0 radical (unpaired) electrons. The fraction of sp³-hybridized carbons (Fsp3) is 0.727. The van der Waals surface area contributed by atoms with Crippen molar-refractivity contribution in [3.63, 3.8) is 0 Å². The first-order valence-electron chi connectivity index (χ1n) is 5.21. The Hall–Kier alpha value is -0.830. The molecule has 0 saturated carbocycles. The summed E-state index contributed by atoms with van der Waals surface area (Å²) in [6, 6.07) is 0. The fourth-order valence-electron chi connectivity index (χ4n) is 1.73. The van der Waals surface area contributed by atoms with Gasteiger partial charge in [-0.1, -0.05) is 13.8 Å². The van der Waals surface area contributed by atoms with Gasteiger partial charge in [-0.2, -0.15) is 5.10 Å². The third kappa shape index (κ3) is 2.58. The molecule has 1 heterocycles. The van der Waals surface area contributed by atoms with Crippen LogP contribution in [-0.2, 0) is 12.1 Å². The molecule has 3 nitrogen and oxygen atoms in total. The summed E-state index contributed by atoms with van der Waals surface area (Å²) < 4.78 is 1.84. The van der Waals surface area contributed by atoms with Gasteiger partial charge in [0.15, 0.2) is 0 Å². The van der Waals surface area contributed by atoms with Crippen molar-refractivity contribution < 1.29 is 5.11 Å². The van der Waals surface area contributed by atoms with Crippen LogP contribution in [-0.4, -0.2) is 14.9 Å². The van der Waals surface area contributed by atoms with Crippen LogP contribution in [0.5, 0.6) is 0 Å². The molecule has 1 N–H and O–H groups in total. The first-order chi connectivity index (χ1) is 6.45. The number of aromatic nitrogens is 2. The number of nitrogens with zero attached hydrogens (tertiary/aromatic N) is 2. The molecule has 0 aliphatic rings. The highest BCUT2D eigenvalue weighted by molar-refractivity contribution is 5.13. The topological polar surface area (TPSA) is 38.0 Å². The van der Waals surface area contributed by atoms with E-state index in [1.165, 1.54) is 0 Å².